The number of ether oxygens (including phenoxy) is 1. The van der Waals surface area contributed by atoms with Crippen molar-refractivity contribution >= 4 is 33.7 Å². The van der Waals surface area contributed by atoms with Crippen molar-refractivity contribution in [2.24, 2.45) is 5.92 Å². The number of benzene rings is 2. The van der Waals surface area contributed by atoms with Gasteiger partial charge < -0.3 is 20.4 Å². The van der Waals surface area contributed by atoms with Gasteiger partial charge in [0.25, 0.3) is 0 Å². The fourth-order valence-corrected chi connectivity index (χ4v) is 5.36. The third-order valence-corrected chi connectivity index (χ3v) is 7.31. The molecule has 0 atom stereocenters. The summed E-state index contributed by atoms with van der Waals surface area (Å²) < 4.78 is 5.21. The number of anilines is 1. The van der Waals surface area contributed by atoms with E-state index in [2.05, 4.69) is 49.1 Å². The molecular weight excluding hydrogens is 464 g/mol. The van der Waals surface area contributed by atoms with Gasteiger partial charge in [0.1, 0.15) is 17.4 Å². The Balaban J connectivity index is 1.15. The van der Waals surface area contributed by atoms with Gasteiger partial charge in [0, 0.05) is 40.2 Å². The van der Waals surface area contributed by atoms with E-state index in [4.69, 9.17) is 10.5 Å². The fraction of sp³-hybridized carbons (Fsp3) is 0.276. The number of aryl methyl sites for hydroxylation is 1. The average Bonchev–Trinajstić information content (AvgIpc) is 3.50. The number of H-pyrrole nitrogens is 2. The van der Waals surface area contributed by atoms with Crippen molar-refractivity contribution in [1.82, 2.24) is 24.8 Å². The van der Waals surface area contributed by atoms with Crippen molar-refractivity contribution in [3.8, 4) is 17.0 Å². The Labute approximate surface area is 214 Å². The van der Waals surface area contributed by atoms with Gasteiger partial charge in [-0.25, -0.2) is 9.97 Å². The van der Waals surface area contributed by atoms with Crippen LogP contribution in [0, 0.1) is 12.8 Å². The summed E-state index contributed by atoms with van der Waals surface area (Å²) in [5.41, 5.74) is 12.6. The molecule has 1 aliphatic heterocycles. The predicted molar refractivity (Wildman–Crippen MR) is 146 cm³/mol. The number of aromatic nitrogens is 4. The van der Waals surface area contributed by atoms with E-state index in [1.165, 1.54) is 5.56 Å². The zero-order chi connectivity index (χ0) is 25.5. The molecule has 4 N–H and O–H groups in total. The normalized spacial score (nSPS) is 15.0. The van der Waals surface area contributed by atoms with Gasteiger partial charge in [-0.15, -0.1) is 0 Å². The Hall–Kier alpha value is -4.17. The molecule has 6 rings (SSSR count). The number of ketones is 1. The Kier molecular flexibility index (Phi) is 5.88. The number of imidazole rings is 1. The molecule has 188 valence electrons. The minimum absolute atomic E-state index is 0.0788. The highest BCUT2D eigenvalue weighted by Crippen LogP contribution is 2.31. The molecule has 5 aromatic rings. The Morgan fingerprint density at radius 1 is 1.05 bits per heavy atom. The Bertz CT molecular complexity index is 1590. The van der Waals surface area contributed by atoms with Gasteiger partial charge in [0.2, 0.25) is 0 Å². The molecule has 0 unspecified atom stereocenters. The second-order valence-electron chi connectivity index (χ2n) is 9.86. The number of carbonyl (C=O) groups excluding carboxylic acids is 1. The van der Waals surface area contributed by atoms with E-state index in [9.17, 15) is 4.79 Å². The summed E-state index contributed by atoms with van der Waals surface area (Å²) >= 11 is 0. The second kappa shape index (κ2) is 9.37. The van der Waals surface area contributed by atoms with E-state index in [1.54, 1.807) is 7.11 Å². The number of likely N-dealkylation sites (tertiary alicyclic amines) is 1. The van der Waals surface area contributed by atoms with E-state index in [0.717, 1.165) is 77.3 Å². The minimum atomic E-state index is 0.0788. The molecule has 1 saturated heterocycles. The van der Waals surface area contributed by atoms with Gasteiger partial charge in [-0.1, -0.05) is 6.07 Å². The molecule has 0 saturated carbocycles. The predicted octanol–water partition coefficient (Wildman–Crippen LogP) is 5.10. The quantitative estimate of drug-likeness (QED) is 0.283. The maximum Gasteiger partial charge on any atom is 0.180 e. The lowest BCUT2D eigenvalue weighted by Crippen LogP contribution is -2.35. The molecule has 0 spiro atoms. The molecule has 1 aliphatic rings. The zero-order valence-electron chi connectivity index (χ0n) is 21.0. The van der Waals surface area contributed by atoms with Crippen LogP contribution in [0.5, 0.6) is 5.75 Å². The van der Waals surface area contributed by atoms with Crippen LogP contribution in [0.1, 0.15) is 34.6 Å². The molecule has 0 bridgehead atoms. The Morgan fingerprint density at radius 3 is 2.59 bits per heavy atom. The van der Waals surface area contributed by atoms with Gasteiger partial charge in [0.05, 0.1) is 12.6 Å². The lowest BCUT2D eigenvalue weighted by Gasteiger charge is -2.31. The van der Waals surface area contributed by atoms with Crippen LogP contribution in [-0.4, -0.2) is 50.8 Å². The molecule has 0 amide bonds. The monoisotopic (exact) mass is 494 g/mol. The number of nitrogens with zero attached hydrogens (tertiary/aromatic N) is 3. The molecule has 37 heavy (non-hydrogen) atoms. The highest BCUT2D eigenvalue weighted by Gasteiger charge is 2.26. The molecule has 3 aromatic heterocycles. The van der Waals surface area contributed by atoms with Crippen LogP contribution in [-0.2, 0) is 6.54 Å². The topological polar surface area (TPSA) is 113 Å². The number of methoxy groups -OCH3 is 1. The highest BCUT2D eigenvalue weighted by molar-refractivity contribution is 5.98. The first kappa shape index (κ1) is 23.2. The molecule has 4 heterocycles. The maximum absolute atomic E-state index is 13.0. The molecule has 1 fully saturated rings. The number of piperidine rings is 1. The van der Waals surface area contributed by atoms with Crippen molar-refractivity contribution in [3.63, 3.8) is 0 Å². The van der Waals surface area contributed by atoms with Gasteiger partial charge in [0.15, 0.2) is 11.4 Å². The summed E-state index contributed by atoms with van der Waals surface area (Å²) in [6, 6.07) is 18.0. The smallest absolute Gasteiger partial charge is 0.180 e. The average molecular weight is 495 g/mol. The third-order valence-electron chi connectivity index (χ3n) is 7.31. The van der Waals surface area contributed by atoms with E-state index >= 15 is 0 Å². The van der Waals surface area contributed by atoms with E-state index in [0.29, 0.717) is 11.5 Å². The van der Waals surface area contributed by atoms with Crippen LogP contribution in [0.15, 0.2) is 54.6 Å². The highest BCUT2D eigenvalue weighted by atomic mass is 16.5. The number of aromatic amines is 2. The molecular formula is C29H30N6O2. The summed E-state index contributed by atoms with van der Waals surface area (Å²) in [7, 11) is 1.63. The van der Waals surface area contributed by atoms with Gasteiger partial charge in [-0.05, 0) is 86.9 Å². The summed E-state index contributed by atoms with van der Waals surface area (Å²) in [5.74, 6) is 2.34. The molecule has 2 aromatic carbocycles. The number of carbonyl (C=O) groups is 1. The lowest BCUT2D eigenvalue weighted by atomic mass is 9.88. The number of Topliss-reactive ketones (excluding diaryl/α,β-unsaturated/α-hetero) is 1. The van der Waals surface area contributed by atoms with Crippen molar-refractivity contribution in [2.75, 3.05) is 25.9 Å². The van der Waals surface area contributed by atoms with E-state index in [-0.39, 0.29) is 11.7 Å². The van der Waals surface area contributed by atoms with Gasteiger partial charge >= 0.3 is 0 Å². The second-order valence-corrected chi connectivity index (χ2v) is 9.86. The number of hydrogen-bond acceptors (Lipinski definition) is 6. The van der Waals surface area contributed by atoms with Crippen LogP contribution in [0.25, 0.3) is 33.3 Å². The lowest BCUT2D eigenvalue weighted by molar-refractivity contribution is 0.0835. The first-order chi connectivity index (χ1) is 18.0. The third kappa shape index (κ3) is 4.56. The van der Waals surface area contributed by atoms with Crippen molar-refractivity contribution < 1.29 is 9.53 Å². The van der Waals surface area contributed by atoms with Crippen molar-refractivity contribution in [3.05, 3.63) is 71.5 Å². The summed E-state index contributed by atoms with van der Waals surface area (Å²) in [6.45, 7) is 4.61. The van der Waals surface area contributed by atoms with Crippen LogP contribution in [0.2, 0.25) is 0 Å². The maximum atomic E-state index is 13.0. The summed E-state index contributed by atoms with van der Waals surface area (Å²) in [5, 5.41) is 1.15. The zero-order valence-corrected chi connectivity index (χ0v) is 21.0. The van der Waals surface area contributed by atoms with Crippen molar-refractivity contribution in [2.45, 2.75) is 26.3 Å². The molecule has 8 nitrogen and oxygen atoms in total. The number of nitrogen functional groups attached to an aromatic ring is 1. The van der Waals surface area contributed by atoms with Gasteiger partial charge in [-0.3, -0.25) is 9.69 Å². The first-order valence-electron chi connectivity index (χ1n) is 12.6. The van der Waals surface area contributed by atoms with Crippen molar-refractivity contribution in [1.29, 1.82) is 0 Å². The number of nitrogens with one attached hydrogen (secondary N) is 2. The van der Waals surface area contributed by atoms with Crippen LogP contribution >= 0.6 is 0 Å². The largest absolute Gasteiger partial charge is 0.497 e. The molecule has 8 heteroatoms. The van der Waals surface area contributed by atoms with Crippen LogP contribution in [0.4, 0.5) is 5.82 Å². The fourth-order valence-electron chi connectivity index (χ4n) is 5.36. The molecule has 0 radical (unpaired) electrons. The SMILES string of the molecule is COc1ccc(C(=O)C2CCN(Cc3ccc4[nH]c(-c5cc(N)nc6nc(C)[nH]c56)cc4c3)CC2)cc1. The van der Waals surface area contributed by atoms with Crippen LogP contribution in [0.3, 0.4) is 0 Å². The standard InChI is InChI=1S/C29H30N6O2/c1-17-31-27-23(15-26(30)34-29(27)32-17)25-14-21-13-18(3-8-24(21)33-25)16-35-11-9-20(10-12-35)28(36)19-4-6-22(37-2)7-5-19/h3-8,13-15,20,33H,9-12,16H2,1-2H3,(H3,30,31,32,34). The number of fused-ring (bicyclic) bond motifs is 2. The number of rotatable bonds is 6. The minimum Gasteiger partial charge on any atom is -0.497 e. The summed E-state index contributed by atoms with van der Waals surface area (Å²) in [6.07, 6.45) is 1.76. The number of pyridine rings is 1. The molecule has 0 aliphatic carbocycles. The van der Waals surface area contributed by atoms with E-state index in [1.807, 2.05) is 37.3 Å². The van der Waals surface area contributed by atoms with Gasteiger partial charge in [-0.2, -0.15) is 0 Å². The number of nitrogens with two attached hydrogens (primary N) is 1. The van der Waals surface area contributed by atoms with E-state index < -0.39 is 0 Å². The first-order valence-corrected chi connectivity index (χ1v) is 12.6. The summed E-state index contributed by atoms with van der Waals surface area (Å²) in [4.78, 5) is 31.0. The number of hydrogen-bond donors (Lipinski definition) is 3. The van der Waals surface area contributed by atoms with Crippen LogP contribution < -0.4 is 10.5 Å². The Morgan fingerprint density at radius 2 is 1.84 bits per heavy atom.